The third-order valence-corrected chi connectivity index (χ3v) is 13.4. The molecule has 0 saturated heterocycles. The SMILES string of the molecule is CC/C=C\C/C=C\C/C=C\C/C=C\C/C=C\C/C=C\C/C=C\C/C=C\C/C=C\C/C=C\C/C=C\CCCCCCCCCC(=O)OC(COC(=O)CCCCCC/C=C\C/C=C\C/C=C\C/C=C\CC)COP(=O)(O)OCC[N+](C)(C)C. The Kier molecular flexibility index (Phi) is 57.1. The Morgan fingerprint density at radius 3 is 0.976 bits per heavy atom. The zero-order chi connectivity index (χ0) is 59.8. The quantitative estimate of drug-likeness (QED) is 0.0211. The molecule has 0 aromatic heterocycles. The van der Waals surface area contributed by atoms with E-state index in [9.17, 15) is 19.0 Å². The van der Waals surface area contributed by atoms with Gasteiger partial charge in [-0.3, -0.25) is 18.6 Å². The van der Waals surface area contributed by atoms with E-state index in [0.29, 0.717) is 23.9 Å². The fourth-order valence-corrected chi connectivity index (χ4v) is 8.40. The first kappa shape index (κ1) is 77.1. The fraction of sp³-hybridized carbons (Fsp3) is 0.556. The van der Waals surface area contributed by atoms with Gasteiger partial charge in [0, 0.05) is 12.8 Å². The van der Waals surface area contributed by atoms with Crippen molar-refractivity contribution in [1.82, 2.24) is 0 Å². The normalized spacial score (nSPS) is 14.5. The highest BCUT2D eigenvalue weighted by molar-refractivity contribution is 7.47. The Hall–Kier alpha value is -4.89. The number of quaternary nitrogens is 1. The third kappa shape index (κ3) is 64.3. The summed E-state index contributed by atoms with van der Waals surface area (Å²) in [5.74, 6) is -0.854. The van der Waals surface area contributed by atoms with Gasteiger partial charge in [-0.05, 0) is 135 Å². The second-order valence-corrected chi connectivity index (χ2v) is 22.8. The number of hydrogen-bond donors (Lipinski definition) is 1. The number of phosphoric acid groups is 1. The van der Waals surface area contributed by atoms with E-state index in [0.717, 1.165) is 154 Å². The van der Waals surface area contributed by atoms with Gasteiger partial charge in [-0.2, -0.15) is 0 Å². The lowest BCUT2D eigenvalue weighted by Gasteiger charge is -2.24. The molecular weight excluding hydrogens is 1040 g/mol. The van der Waals surface area contributed by atoms with Gasteiger partial charge >= 0.3 is 19.8 Å². The molecule has 9 nitrogen and oxygen atoms in total. The lowest BCUT2D eigenvalue weighted by atomic mass is 10.1. The van der Waals surface area contributed by atoms with Gasteiger partial charge in [-0.15, -0.1) is 0 Å². The first-order chi connectivity index (χ1) is 40.0. The number of carbonyl (C=O) groups is 2. The molecule has 0 bridgehead atoms. The third-order valence-electron chi connectivity index (χ3n) is 12.4. The Bertz CT molecular complexity index is 2030. The molecule has 0 spiro atoms. The van der Waals surface area contributed by atoms with Crippen molar-refractivity contribution in [1.29, 1.82) is 0 Å². The van der Waals surface area contributed by atoms with Crippen LogP contribution in [0.2, 0.25) is 0 Å². The van der Waals surface area contributed by atoms with Crippen molar-refractivity contribution < 1.29 is 42.1 Å². The van der Waals surface area contributed by atoms with Crippen LogP contribution in [0.3, 0.4) is 0 Å². The molecule has 2 atom stereocenters. The van der Waals surface area contributed by atoms with E-state index in [2.05, 4.69) is 196 Å². The van der Waals surface area contributed by atoms with E-state index in [4.69, 9.17) is 18.5 Å². The van der Waals surface area contributed by atoms with Gasteiger partial charge in [0.05, 0.1) is 27.7 Å². The Morgan fingerprint density at radius 1 is 0.378 bits per heavy atom. The summed E-state index contributed by atoms with van der Waals surface area (Å²) in [4.78, 5) is 35.7. The van der Waals surface area contributed by atoms with Gasteiger partial charge < -0.3 is 18.9 Å². The maximum absolute atomic E-state index is 12.8. The van der Waals surface area contributed by atoms with Gasteiger partial charge in [0.15, 0.2) is 6.10 Å². The lowest BCUT2D eigenvalue weighted by Crippen LogP contribution is -2.37. The van der Waals surface area contributed by atoms with Crippen LogP contribution in [-0.2, 0) is 32.7 Å². The van der Waals surface area contributed by atoms with Gasteiger partial charge in [0.25, 0.3) is 0 Å². The first-order valence-corrected chi connectivity index (χ1v) is 33.0. The predicted octanol–water partition coefficient (Wildman–Crippen LogP) is 20.4. The summed E-state index contributed by atoms with van der Waals surface area (Å²) in [7, 11) is 1.43. The standard InChI is InChI=1S/C72H114NO8P/c1-6-8-10-12-14-16-18-20-22-24-25-26-27-28-29-30-31-32-33-34-35-36-37-38-39-40-41-42-43-44-45-46-47-49-51-53-55-57-59-61-63-65-72(75)81-70(69-80-82(76,77)79-67-66-73(3,4)5)68-78-71(74)64-62-60-58-56-54-52-50-48-23-21-19-17-15-13-11-9-7-2/h8-11,14-17,20-23,25-26,28-29,31-32,34-35,37-38,40-41,43-44,46-47,50,52,70H,6-7,12-13,18-19,24,27,30,33,36,39,42,45,48-49,51,53-69H2,1-5H3/p+1/b10-8-,11-9-,16-14-,17-15-,22-20-,23-21-,26-25-,29-28-,32-31-,35-34-,38-37-,41-40-,44-43-,47-46-,52-50-. The van der Waals surface area contributed by atoms with E-state index in [-0.39, 0.29) is 26.1 Å². The molecule has 0 aromatic rings. The number of esters is 2. The van der Waals surface area contributed by atoms with Crippen molar-refractivity contribution in [2.75, 3.05) is 47.5 Å². The number of rotatable bonds is 55. The Morgan fingerprint density at radius 2 is 0.659 bits per heavy atom. The molecule has 0 fully saturated rings. The highest BCUT2D eigenvalue weighted by Gasteiger charge is 2.27. The molecule has 0 aliphatic heterocycles. The molecule has 1 N–H and O–H groups in total. The van der Waals surface area contributed by atoms with Crippen LogP contribution in [0.25, 0.3) is 0 Å². The number of unbranched alkanes of at least 4 members (excludes halogenated alkanes) is 11. The lowest BCUT2D eigenvalue weighted by molar-refractivity contribution is -0.870. The smallest absolute Gasteiger partial charge is 0.462 e. The highest BCUT2D eigenvalue weighted by Crippen LogP contribution is 2.43. The van der Waals surface area contributed by atoms with Gasteiger partial charge in [0.1, 0.15) is 19.8 Å². The zero-order valence-electron chi connectivity index (χ0n) is 52.1. The number of nitrogens with zero attached hydrogens (tertiary/aromatic N) is 1. The largest absolute Gasteiger partial charge is 0.472 e. The van der Waals surface area contributed by atoms with Crippen LogP contribution >= 0.6 is 7.82 Å². The number of ether oxygens (including phenoxy) is 2. The molecule has 82 heavy (non-hydrogen) atoms. The van der Waals surface area contributed by atoms with Crippen LogP contribution in [0, 0.1) is 0 Å². The van der Waals surface area contributed by atoms with Gasteiger partial charge in [0.2, 0.25) is 0 Å². The molecule has 0 heterocycles. The summed E-state index contributed by atoms with van der Waals surface area (Å²) in [6, 6.07) is 0. The second-order valence-electron chi connectivity index (χ2n) is 21.3. The molecule has 460 valence electrons. The molecule has 0 saturated carbocycles. The van der Waals surface area contributed by atoms with Crippen molar-refractivity contribution >= 4 is 19.8 Å². The van der Waals surface area contributed by atoms with Gasteiger partial charge in [-0.25, -0.2) is 4.57 Å². The average molecular weight is 1150 g/mol. The molecule has 0 aliphatic carbocycles. The van der Waals surface area contributed by atoms with E-state index in [1.807, 2.05) is 21.1 Å². The van der Waals surface area contributed by atoms with Crippen molar-refractivity contribution in [3.8, 4) is 0 Å². The number of hydrogen-bond acceptors (Lipinski definition) is 7. The topological polar surface area (TPSA) is 108 Å². The molecule has 0 amide bonds. The summed E-state index contributed by atoms with van der Waals surface area (Å²) >= 11 is 0. The molecule has 0 aromatic carbocycles. The predicted molar refractivity (Wildman–Crippen MR) is 352 cm³/mol. The molecule has 2 unspecified atom stereocenters. The molecule has 0 aliphatic rings. The Labute approximate surface area is 501 Å². The van der Waals surface area contributed by atoms with Crippen LogP contribution < -0.4 is 0 Å². The van der Waals surface area contributed by atoms with Crippen LogP contribution in [0.4, 0.5) is 0 Å². The fourth-order valence-electron chi connectivity index (χ4n) is 7.66. The monoisotopic (exact) mass is 1150 g/mol. The van der Waals surface area contributed by atoms with Crippen molar-refractivity contribution in [2.45, 2.75) is 213 Å². The highest BCUT2D eigenvalue weighted by atomic mass is 31.2. The summed E-state index contributed by atoms with van der Waals surface area (Å²) in [6.45, 7) is 4.13. The molecular formula is C72H115NO8P+. The minimum atomic E-state index is -4.41. The minimum Gasteiger partial charge on any atom is -0.462 e. The Balaban J connectivity index is 4.18. The van der Waals surface area contributed by atoms with Crippen molar-refractivity contribution in [3.63, 3.8) is 0 Å². The number of allylic oxidation sites excluding steroid dienone is 30. The van der Waals surface area contributed by atoms with E-state index < -0.39 is 32.5 Å². The first-order valence-electron chi connectivity index (χ1n) is 31.5. The zero-order valence-corrected chi connectivity index (χ0v) is 53.0. The van der Waals surface area contributed by atoms with Crippen LogP contribution in [0.5, 0.6) is 0 Å². The van der Waals surface area contributed by atoms with E-state index in [1.165, 1.54) is 12.8 Å². The summed E-state index contributed by atoms with van der Waals surface area (Å²) in [5.41, 5.74) is 0. The maximum atomic E-state index is 12.8. The van der Waals surface area contributed by atoms with Crippen molar-refractivity contribution in [3.05, 3.63) is 182 Å². The van der Waals surface area contributed by atoms with E-state index in [1.54, 1.807) is 0 Å². The van der Waals surface area contributed by atoms with Gasteiger partial charge in [-0.1, -0.05) is 241 Å². The molecule has 10 heteroatoms. The molecule has 0 radical (unpaired) electrons. The van der Waals surface area contributed by atoms with E-state index >= 15 is 0 Å². The summed E-state index contributed by atoms with van der Waals surface area (Å²) in [6.07, 6.45) is 94.1. The van der Waals surface area contributed by atoms with Crippen LogP contribution in [0.1, 0.15) is 206 Å². The summed E-state index contributed by atoms with van der Waals surface area (Å²) in [5, 5.41) is 0. The number of phosphoric ester groups is 1. The minimum absolute atomic E-state index is 0.0148. The molecule has 0 rings (SSSR count). The maximum Gasteiger partial charge on any atom is 0.472 e. The second kappa shape index (κ2) is 60.7. The average Bonchev–Trinajstić information content (AvgIpc) is 3.45. The van der Waals surface area contributed by atoms with Crippen LogP contribution in [0.15, 0.2) is 182 Å². The number of carbonyl (C=O) groups excluding carboxylic acids is 2. The van der Waals surface area contributed by atoms with Crippen LogP contribution in [-0.4, -0.2) is 74.9 Å². The summed E-state index contributed by atoms with van der Waals surface area (Å²) < 4.78 is 34.5. The van der Waals surface area contributed by atoms with Crippen molar-refractivity contribution in [2.24, 2.45) is 0 Å². The number of likely N-dealkylation sites (N-methyl/N-ethyl adjacent to an activating group) is 1.